The summed E-state index contributed by atoms with van der Waals surface area (Å²) in [6.07, 6.45) is 20.7. The van der Waals surface area contributed by atoms with Crippen molar-refractivity contribution >= 4 is 38.3 Å². The van der Waals surface area contributed by atoms with Crippen molar-refractivity contribution in [2.75, 3.05) is 0 Å². The second-order valence-electron chi connectivity index (χ2n) is 6.00. The van der Waals surface area contributed by atoms with Crippen LogP contribution in [0.3, 0.4) is 0 Å². The van der Waals surface area contributed by atoms with E-state index in [1.54, 1.807) is 0 Å². The van der Waals surface area contributed by atoms with Crippen molar-refractivity contribution in [2.24, 2.45) is 0 Å². The molecule has 0 aromatic carbocycles. The van der Waals surface area contributed by atoms with Gasteiger partial charge in [0.2, 0.25) is 0 Å². The van der Waals surface area contributed by atoms with Crippen molar-refractivity contribution in [2.45, 2.75) is 100 Å². The quantitative estimate of drug-likeness (QED) is 0.151. The van der Waals surface area contributed by atoms with Crippen molar-refractivity contribution in [1.82, 2.24) is 0 Å². The molecule has 0 aromatic rings. The van der Waals surface area contributed by atoms with Crippen molar-refractivity contribution in [3.63, 3.8) is 0 Å². The predicted octanol–water partition coefficient (Wildman–Crippen LogP) is -1.28. The summed E-state index contributed by atoms with van der Waals surface area (Å²) >= 11 is 1.41. The van der Waals surface area contributed by atoms with Gasteiger partial charge in [0.15, 0.2) is 0 Å². The molecule has 4 nitrogen and oxygen atoms in total. The van der Waals surface area contributed by atoms with E-state index in [0.29, 0.717) is 0 Å². The van der Waals surface area contributed by atoms with E-state index in [0.717, 1.165) is 0 Å². The van der Waals surface area contributed by atoms with E-state index in [2.05, 4.69) is 6.92 Å². The molecular weight excluding hydrogens is 389 g/mol. The topological polar surface area (TPSA) is 80.3 Å². The summed E-state index contributed by atoms with van der Waals surface area (Å²) in [6.45, 7) is 2.29. The number of hydrogen-bond donors (Lipinski definition) is 0. The molecule has 0 bridgehead atoms. The Morgan fingerprint density at radius 2 is 0.833 bits per heavy atom. The van der Waals surface area contributed by atoms with E-state index in [1.165, 1.54) is 121 Å². The van der Waals surface area contributed by atoms with Crippen LogP contribution in [0.15, 0.2) is 0 Å². The van der Waals surface area contributed by atoms with Gasteiger partial charge in [0.05, 0.1) is 0 Å². The summed E-state index contributed by atoms with van der Waals surface area (Å²) in [5, 5.41) is 0. The number of hydrogen-bond acceptors (Lipinski definition) is 4. The van der Waals surface area contributed by atoms with Crippen LogP contribution in [0.5, 0.6) is 0 Å². The van der Waals surface area contributed by atoms with Crippen LogP contribution >= 0.6 is 0 Å². The maximum Gasteiger partial charge on any atom is 1.00 e. The van der Waals surface area contributed by atoms with Crippen molar-refractivity contribution in [3.8, 4) is 0 Å². The predicted molar refractivity (Wildman–Crippen MR) is 91.3 cm³/mol. The summed E-state index contributed by atoms with van der Waals surface area (Å²) < 4.78 is 35.6. The Morgan fingerprint density at radius 1 is 0.625 bits per heavy atom. The van der Waals surface area contributed by atoms with E-state index in [-0.39, 0.29) is 103 Å². The van der Waals surface area contributed by atoms with Gasteiger partial charge in [-0.25, -0.2) is 0 Å². The van der Waals surface area contributed by atoms with Crippen molar-refractivity contribution in [1.29, 1.82) is 0 Å². The van der Waals surface area contributed by atoms with Gasteiger partial charge in [-0.3, -0.25) is 8.42 Å². The zero-order valence-electron chi connectivity index (χ0n) is 16.6. The Labute approximate surface area is 253 Å². The second-order valence-corrected chi connectivity index (χ2v) is 7.82. The molecule has 0 aliphatic rings. The van der Waals surface area contributed by atoms with Crippen LogP contribution in [-0.4, -0.2) is 45.5 Å². The molecule has 0 aliphatic carbocycles. The molecule has 0 aromatic heterocycles. The van der Waals surface area contributed by atoms with Gasteiger partial charge in [-0.05, 0) is 0 Å². The molecule has 0 saturated heterocycles. The first-order valence-electron chi connectivity index (χ1n) is 9.08. The molecule has 0 spiro atoms. The van der Waals surface area contributed by atoms with Gasteiger partial charge >= 0.3 is 205 Å². The fraction of sp³-hybridized carbons (Fsp3) is 1.00. The SMILES string of the molecule is CCCCCCCCCCCCCCC[CH2][Na].O=S(=O)([O-])[O-].[K+].[K+]. The van der Waals surface area contributed by atoms with E-state index in [9.17, 15) is 0 Å². The molecule has 0 rings (SSSR count). The fourth-order valence-corrected chi connectivity index (χ4v) is 2.94. The summed E-state index contributed by atoms with van der Waals surface area (Å²) in [7, 11) is -5.17. The second kappa shape index (κ2) is 29.3. The Balaban J connectivity index is -0.000000250. The molecular formula is C16H33K2NaO4S. The summed E-state index contributed by atoms with van der Waals surface area (Å²) in [4.78, 5) is 0. The smallest absolute Gasteiger partial charge is 0.759 e. The van der Waals surface area contributed by atoms with Crippen molar-refractivity contribution < 1.29 is 120 Å². The fourth-order valence-electron chi connectivity index (χ4n) is 2.44. The Morgan fingerprint density at radius 3 is 1.04 bits per heavy atom. The molecule has 0 saturated carbocycles. The van der Waals surface area contributed by atoms with E-state index >= 15 is 0 Å². The molecule has 0 heterocycles. The van der Waals surface area contributed by atoms with Crippen LogP contribution in [0.2, 0.25) is 3.67 Å². The maximum absolute atomic E-state index is 8.52. The zero-order valence-corrected chi connectivity index (χ0v) is 25.7. The molecule has 0 unspecified atom stereocenters. The average Bonchev–Trinajstić information content (AvgIpc) is 2.42. The Kier molecular flexibility index (Phi) is 43.5. The van der Waals surface area contributed by atoms with Crippen LogP contribution in [0.25, 0.3) is 0 Å². The van der Waals surface area contributed by atoms with Gasteiger partial charge in [-0.1, -0.05) is 26.2 Å². The van der Waals surface area contributed by atoms with Gasteiger partial charge < -0.3 is 9.11 Å². The zero-order chi connectivity index (χ0) is 17.1. The first-order valence-corrected chi connectivity index (χ1v) is 11.8. The van der Waals surface area contributed by atoms with Gasteiger partial charge in [-0.15, -0.1) is 0 Å². The third-order valence-corrected chi connectivity index (χ3v) is 4.41. The minimum absolute atomic E-state index is 0. The van der Waals surface area contributed by atoms with E-state index in [4.69, 9.17) is 17.5 Å². The van der Waals surface area contributed by atoms with Crippen LogP contribution in [0, 0.1) is 0 Å². The van der Waals surface area contributed by atoms with Gasteiger partial charge in [0.1, 0.15) is 0 Å². The number of unbranched alkanes of at least 4 members (excludes halogenated alkanes) is 13. The van der Waals surface area contributed by atoms with Gasteiger partial charge in [-0.2, -0.15) is 0 Å². The standard InChI is InChI=1S/C16H33.2K.Na.H2O4S/c1-3-5-7-9-11-13-15-16-14-12-10-8-6-4-2;;;;1-5(2,3)4/h1,3-16H2,2H3;;;;(H2,1,2,3,4)/q;2*+1;;/p-2. The summed E-state index contributed by atoms with van der Waals surface area (Å²) in [6, 6.07) is 0. The number of rotatable bonds is 14. The third kappa shape index (κ3) is 50.2. The molecule has 24 heavy (non-hydrogen) atoms. The first-order chi connectivity index (χ1) is 10.4. The van der Waals surface area contributed by atoms with Crippen LogP contribution in [0.1, 0.15) is 96.8 Å². The molecule has 8 heteroatoms. The summed E-state index contributed by atoms with van der Waals surface area (Å²) in [5.74, 6) is 0. The molecule has 0 N–H and O–H groups in total. The van der Waals surface area contributed by atoms with Crippen LogP contribution in [-0.2, 0) is 10.4 Å². The molecule has 130 valence electrons. The molecule has 0 atom stereocenters. The van der Waals surface area contributed by atoms with Crippen LogP contribution in [0.4, 0.5) is 0 Å². The first kappa shape index (κ1) is 35.6. The maximum atomic E-state index is 8.52. The van der Waals surface area contributed by atoms with Crippen LogP contribution < -0.4 is 103 Å². The monoisotopic (exact) mass is 422 g/mol. The normalized spacial score (nSPS) is 10.2. The Hall–Kier alpha value is 4.14. The minimum Gasteiger partial charge on any atom is -0.759 e. The molecule has 0 radical (unpaired) electrons. The van der Waals surface area contributed by atoms with E-state index < -0.39 is 10.4 Å². The molecule has 0 aliphatic heterocycles. The van der Waals surface area contributed by atoms with Gasteiger partial charge in [0.25, 0.3) is 0 Å². The van der Waals surface area contributed by atoms with Crippen molar-refractivity contribution in [3.05, 3.63) is 0 Å². The molecule has 0 fully saturated rings. The van der Waals surface area contributed by atoms with Gasteiger partial charge in [0, 0.05) is 10.4 Å². The minimum atomic E-state index is -5.17. The Bertz CT molecular complexity index is 282. The molecule has 0 amide bonds. The van der Waals surface area contributed by atoms with E-state index in [1.807, 2.05) is 0 Å². The third-order valence-electron chi connectivity index (χ3n) is 3.71. The average molecular weight is 423 g/mol. The largest absolute Gasteiger partial charge is 1.00 e. The summed E-state index contributed by atoms with van der Waals surface area (Å²) in [5.41, 5.74) is 0.